The van der Waals surface area contributed by atoms with Crippen molar-refractivity contribution >= 4 is 47.1 Å². The molecule has 0 aromatic heterocycles. The summed E-state index contributed by atoms with van der Waals surface area (Å²) in [7, 11) is 0. The third kappa shape index (κ3) is 9.67. The number of alkyl halides is 3. The van der Waals surface area contributed by atoms with E-state index in [1.807, 2.05) is 0 Å². The highest BCUT2D eigenvalue weighted by Crippen LogP contribution is 2.25. The van der Waals surface area contributed by atoms with Crippen LogP contribution in [-0.4, -0.2) is 22.7 Å². The van der Waals surface area contributed by atoms with Crippen LogP contribution in [-0.2, 0) is 4.74 Å². The molecule has 0 heterocycles. The highest BCUT2D eigenvalue weighted by Gasteiger charge is 2.21. The summed E-state index contributed by atoms with van der Waals surface area (Å²) >= 11 is 16.0. The summed E-state index contributed by atoms with van der Waals surface area (Å²) in [5, 5.41) is 0. The number of carbonyl (C=O) groups is 1. The predicted molar refractivity (Wildman–Crippen MR) is 54.9 cm³/mol. The highest BCUT2D eigenvalue weighted by atomic mass is 35.6. The van der Waals surface area contributed by atoms with Gasteiger partial charge in [-0.1, -0.05) is 40.9 Å². The van der Waals surface area contributed by atoms with Crippen LogP contribution in [0.5, 0.6) is 0 Å². The molecule has 0 atom stereocenters. The highest BCUT2D eigenvalue weighted by molar-refractivity contribution is 6.67. The van der Waals surface area contributed by atoms with E-state index in [0.29, 0.717) is 0 Å². The van der Waals surface area contributed by atoms with Crippen molar-refractivity contribution in [2.75, 3.05) is 6.61 Å². The molecule has 0 aliphatic heterocycles. The van der Waals surface area contributed by atoms with Gasteiger partial charge in [0, 0.05) is 6.21 Å². The average Bonchev–Trinajstić information content (AvgIpc) is 2.00. The maximum atomic E-state index is 10.7. The third-order valence-corrected chi connectivity index (χ3v) is 1.15. The molecule has 0 aliphatic rings. The summed E-state index contributed by atoms with van der Waals surface area (Å²) in [5.41, 5.74) is 0. The molecule has 0 saturated carbocycles. The van der Waals surface area contributed by atoms with Gasteiger partial charge in [0.05, 0.1) is 0 Å². The molecule has 1 amide bonds. The van der Waals surface area contributed by atoms with Crippen molar-refractivity contribution in [3.8, 4) is 0 Å². The van der Waals surface area contributed by atoms with Gasteiger partial charge >= 0.3 is 6.09 Å². The zero-order valence-electron chi connectivity index (χ0n) is 6.84. The van der Waals surface area contributed by atoms with E-state index in [2.05, 4.69) is 9.73 Å². The fraction of sp³-hybridized carbons (Fsp3) is 0.429. The number of rotatable bonds is 2. The summed E-state index contributed by atoms with van der Waals surface area (Å²) in [6, 6.07) is 0. The molecule has 0 unspecified atom stereocenters. The van der Waals surface area contributed by atoms with E-state index in [0.717, 1.165) is 0 Å². The molecule has 74 valence electrons. The molecule has 3 nitrogen and oxygen atoms in total. The minimum Gasteiger partial charge on any atom is -0.443 e. The smallest absolute Gasteiger partial charge is 0.433 e. The number of carbonyl (C=O) groups excluding carboxylic acids is 1. The Morgan fingerprint density at radius 2 is 2.15 bits per heavy atom. The summed E-state index contributed by atoms with van der Waals surface area (Å²) < 4.78 is 2.89. The second-order valence-corrected chi connectivity index (χ2v) is 4.49. The van der Waals surface area contributed by atoms with Gasteiger partial charge in [-0.25, -0.2) is 4.79 Å². The summed E-state index contributed by atoms with van der Waals surface area (Å²) in [6.07, 6.45) is 3.80. The van der Waals surface area contributed by atoms with Gasteiger partial charge in [-0.2, -0.15) is 4.99 Å². The molecule has 0 spiro atoms. The molecule has 0 aromatic carbocycles. The molecule has 0 aromatic rings. The van der Waals surface area contributed by atoms with Crippen LogP contribution in [0.15, 0.2) is 17.1 Å². The number of nitrogens with zero attached hydrogens (tertiary/aromatic N) is 1. The first-order valence-electron chi connectivity index (χ1n) is 3.34. The van der Waals surface area contributed by atoms with E-state index >= 15 is 0 Å². The van der Waals surface area contributed by atoms with Gasteiger partial charge in [0.15, 0.2) is 0 Å². The number of hydrogen-bond acceptors (Lipinski definition) is 2. The van der Waals surface area contributed by atoms with E-state index in [9.17, 15) is 4.79 Å². The van der Waals surface area contributed by atoms with Crippen LogP contribution >= 0.6 is 34.8 Å². The quantitative estimate of drug-likeness (QED) is 0.553. The number of hydrogen-bond donors (Lipinski definition) is 0. The number of halogens is 3. The lowest BCUT2D eigenvalue weighted by Crippen LogP contribution is -2.15. The van der Waals surface area contributed by atoms with Crippen LogP contribution in [0.4, 0.5) is 4.79 Å². The number of aliphatic imine (C=N–C) groups is 1. The van der Waals surface area contributed by atoms with E-state index < -0.39 is 9.89 Å². The fourth-order valence-corrected chi connectivity index (χ4v) is 0.534. The van der Waals surface area contributed by atoms with E-state index in [1.165, 1.54) is 6.21 Å². The van der Waals surface area contributed by atoms with Crippen LogP contribution in [0.1, 0.15) is 6.92 Å². The van der Waals surface area contributed by atoms with E-state index in [-0.39, 0.29) is 6.61 Å². The lowest BCUT2D eigenvalue weighted by Gasteiger charge is -2.08. The molecule has 0 aliphatic carbocycles. The van der Waals surface area contributed by atoms with Gasteiger partial charge in [0.2, 0.25) is 3.79 Å². The van der Waals surface area contributed by atoms with Crippen molar-refractivity contribution < 1.29 is 9.53 Å². The lowest BCUT2D eigenvalue weighted by atomic mass is 10.6. The first-order valence-corrected chi connectivity index (χ1v) is 4.48. The van der Waals surface area contributed by atoms with E-state index in [4.69, 9.17) is 34.8 Å². The minimum atomic E-state index is -1.59. The normalized spacial score (nSPS) is 12.6. The van der Waals surface area contributed by atoms with Crippen LogP contribution in [0.2, 0.25) is 0 Å². The van der Waals surface area contributed by atoms with Gasteiger partial charge in [0.25, 0.3) is 0 Å². The van der Waals surface area contributed by atoms with Gasteiger partial charge in [-0.3, -0.25) is 0 Å². The fourth-order valence-electron chi connectivity index (χ4n) is 0.371. The minimum absolute atomic E-state index is 0.316. The van der Waals surface area contributed by atoms with Crippen LogP contribution < -0.4 is 0 Å². The second-order valence-electron chi connectivity index (χ2n) is 1.97. The zero-order chi connectivity index (χ0) is 10.3. The van der Waals surface area contributed by atoms with Crippen LogP contribution in [0.3, 0.4) is 0 Å². The SMILES string of the molecule is CC=CC=NC(=O)OCC(Cl)(Cl)Cl. The monoisotopic (exact) mass is 243 g/mol. The largest absolute Gasteiger partial charge is 0.443 e. The molecule has 0 rings (SSSR count). The first-order chi connectivity index (χ1) is 5.95. The first kappa shape index (κ1) is 12.8. The lowest BCUT2D eigenvalue weighted by molar-refractivity contribution is 0.160. The molecule has 6 heteroatoms. The van der Waals surface area contributed by atoms with Crippen molar-refractivity contribution in [3.63, 3.8) is 0 Å². The Morgan fingerprint density at radius 1 is 1.54 bits per heavy atom. The van der Waals surface area contributed by atoms with Crippen molar-refractivity contribution in [1.82, 2.24) is 0 Å². The number of amides is 1. The maximum absolute atomic E-state index is 10.7. The van der Waals surface area contributed by atoms with Gasteiger partial charge in [0.1, 0.15) is 6.61 Å². The molecule has 0 saturated heterocycles. The van der Waals surface area contributed by atoms with Gasteiger partial charge in [-0.15, -0.1) is 0 Å². The Balaban J connectivity index is 3.76. The van der Waals surface area contributed by atoms with Crippen LogP contribution in [0.25, 0.3) is 0 Å². The Hall–Kier alpha value is -0.250. The molecular weight excluding hydrogens is 236 g/mol. The number of ether oxygens (including phenoxy) is 1. The summed E-state index contributed by atoms with van der Waals surface area (Å²) in [6.45, 7) is 1.47. The van der Waals surface area contributed by atoms with Gasteiger partial charge < -0.3 is 4.74 Å². The second kappa shape index (κ2) is 6.24. The summed E-state index contributed by atoms with van der Waals surface area (Å²) in [4.78, 5) is 14.1. The van der Waals surface area contributed by atoms with E-state index in [1.54, 1.807) is 19.1 Å². The van der Waals surface area contributed by atoms with Gasteiger partial charge in [-0.05, 0) is 13.0 Å². The van der Waals surface area contributed by atoms with Crippen molar-refractivity contribution in [3.05, 3.63) is 12.2 Å². The predicted octanol–water partition coefficient (Wildman–Crippen LogP) is 3.14. The topological polar surface area (TPSA) is 38.7 Å². The Kier molecular flexibility index (Phi) is 6.12. The molecule has 0 fully saturated rings. The third-order valence-electron chi connectivity index (χ3n) is 0.818. The molecule has 0 N–H and O–H groups in total. The Labute approximate surface area is 91.3 Å². The standard InChI is InChI=1S/C7H8Cl3NO2/c1-2-3-4-11-6(12)13-5-7(8,9)10/h2-4H,5H2,1H3. The average molecular weight is 245 g/mol. The van der Waals surface area contributed by atoms with Crippen molar-refractivity contribution in [1.29, 1.82) is 0 Å². The van der Waals surface area contributed by atoms with Crippen molar-refractivity contribution in [2.45, 2.75) is 10.7 Å². The molecule has 0 bridgehead atoms. The molecule has 13 heavy (non-hydrogen) atoms. The number of allylic oxidation sites excluding steroid dienone is 2. The molecular formula is C7H8Cl3NO2. The van der Waals surface area contributed by atoms with Crippen LogP contribution in [0, 0.1) is 0 Å². The summed E-state index contributed by atoms with van der Waals surface area (Å²) in [5.74, 6) is 0. The van der Waals surface area contributed by atoms with Crippen molar-refractivity contribution in [2.24, 2.45) is 4.99 Å². The molecule has 0 radical (unpaired) electrons. The maximum Gasteiger partial charge on any atom is 0.433 e. The Morgan fingerprint density at radius 3 is 2.62 bits per heavy atom. The zero-order valence-corrected chi connectivity index (χ0v) is 9.10. The Bertz CT molecular complexity index is 220.